The fourth-order valence-electron chi connectivity index (χ4n) is 2.69. The topological polar surface area (TPSA) is 25.8 Å². The molecule has 0 spiro atoms. The molecule has 0 amide bonds. The summed E-state index contributed by atoms with van der Waals surface area (Å²) in [5, 5.41) is 3.56. The monoisotopic (exact) mass is 270 g/mol. The summed E-state index contributed by atoms with van der Waals surface area (Å²) in [6.45, 7) is 2.04. The third-order valence-electron chi connectivity index (χ3n) is 3.80. The van der Waals surface area contributed by atoms with Gasteiger partial charge in [-0.3, -0.25) is 0 Å². The predicted molar refractivity (Wildman–Crippen MR) is 87.2 cm³/mol. The average Bonchev–Trinajstić information content (AvgIpc) is 2.54. The van der Waals surface area contributed by atoms with Gasteiger partial charge in [-0.1, -0.05) is 54.6 Å². The number of hydrogen-bond donors (Lipinski definition) is 0. The lowest BCUT2D eigenvalue weighted by molar-refractivity contribution is 1.16. The average molecular weight is 270 g/mol. The van der Waals surface area contributed by atoms with Gasteiger partial charge in [-0.2, -0.15) is 0 Å². The van der Waals surface area contributed by atoms with E-state index in [0.717, 1.165) is 28.0 Å². The summed E-state index contributed by atoms with van der Waals surface area (Å²) < 4.78 is 0. The molecule has 0 unspecified atom stereocenters. The fraction of sp³-hybridized carbons (Fsp3) is 0.0526. The molecule has 0 saturated heterocycles. The summed E-state index contributed by atoms with van der Waals surface area (Å²) in [4.78, 5) is 9.37. The highest BCUT2D eigenvalue weighted by Gasteiger charge is 2.06. The van der Waals surface area contributed by atoms with Gasteiger partial charge in [-0.15, -0.1) is 0 Å². The van der Waals surface area contributed by atoms with Gasteiger partial charge in [0.1, 0.15) is 0 Å². The first-order valence-electron chi connectivity index (χ1n) is 7.04. The molecule has 4 aromatic rings. The van der Waals surface area contributed by atoms with Crippen LogP contribution in [-0.4, -0.2) is 9.97 Å². The van der Waals surface area contributed by atoms with E-state index in [0.29, 0.717) is 0 Å². The van der Waals surface area contributed by atoms with Gasteiger partial charge >= 0.3 is 0 Å². The lowest BCUT2D eigenvalue weighted by atomic mass is 10.1. The van der Waals surface area contributed by atoms with Crippen LogP contribution in [-0.2, 0) is 0 Å². The molecule has 100 valence electrons. The number of hydrogen-bond acceptors (Lipinski definition) is 2. The molecule has 0 saturated carbocycles. The van der Waals surface area contributed by atoms with Crippen LogP contribution in [0.25, 0.3) is 33.1 Å². The first kappa shape index (κ1) is 12.0. The van der Waals surface area contributed by atoms with Gasteiger partial charge in [0, 0.05) is 16.6 Å². The summed E-state index contributed by atoms with van der Waals surface area (Å²) in [6, 6.07) is 22.8. The van der Waals surface area contributed by atoms with Gasteiger partial charge in [0.2, 0.25) is 0 Å². The Bertz CT molecular complexity index is 958. The fourth-order valence-corrected chi connectivity index (χ4v) is 2.69. The summed E-state index contributed by atoms with van der Waals surface area (Å²) in [7, 11) is 0. The van der Waals surface area contributed by atoms with E-state index >= 15 is 0 Å². The largest absolute Gasteiger partial charge is 0.233 e. The molecule has 0 bridgehead atoms. The van der Waals surface area contributed by atoms with Gasteiger partial charge < -0.3 is 0 Å². The van der Waals surface area contributed by atoms with Gasteiger partial charge in [0.05, 0.1) is 5.52 Å². The standard InChI is InChI=1S/C19H14N2/c1-13-17-8-4-5-9-18(17)21-19(20-13)16-11-10-14-6-2-3-7-15(14)12-16/h2-12H,1H3. The number of benzene rings is 3. The van der Waals surface area contributed by atoms with Crippen LogP contribution >= 0.6 is 0 Å². The highest BCUT2D eigenvalue weighted by molar-refractivity contribution is 5.87. The van der Waals surface area contributed by atoms with E-state index in [1.54, 1.807) is 0 Å². The molecule has 0 aliphatic carbocycles. The maximum absolute atomic E-state index is 4.70. The van der Waals surface area contributed by atoms with Crippen LogP contribution in [0.4, 0.5) is 0 Å². The molecule has 0 N–H and O–H groups in total. The smallest absolute Gasteiger partial charge is 0.160 e. The Morgan fingerprint density at radius 3 is 2.38 bits per heavy atom. The molecule has 1 aromatic heterocycles. The predicted octanol–water partition coefficient (Wildman–Crippen LogP) is 4.76. The zero-order valence-electron chi connectivity index (χ0n) is 11.7. The van der Waals surface area contributed by atoms with Crippen LogP contribution in [0.5, 0.6) is 0 Å². The van der Waals surface area contributed by atoms with Crippen molar-refractivity contribution in [2.24, 2.45) is 0 Å². The van der Waals surface area contributed by atoms with Crippen molar-refractivity contribution in [2.75, 3.05) is 0 Å². The number of aromatic nitrogens is 2. The quantitative estimate of drug-likeness (QED) is 0.498. The number of rotatable bonds is 1. The zero-order chi connectivity index (χ0) is 14.2. The third kappa shape index (κ3) is 2.05. The van der Waals surface area contributed by atoms with E-state index < -0.39 is 0 Å². The second kappa shape index (κ2) is 4.67. The highest BCUT2D eigenvalue weighted by Crippen LogP contribution is 2.24. The van der Waals surface area contributed by atoms with Crippen LogP contribution in [0, 0.1) is 6.92 Å². The SMILES string of the molecule is Cc1nc(-c2ccc3ccccc3c2)nc2ccccc12. The van der Waals surface area contributed by atoms with Crippen LogP contribution in [0.15, 0.2) is 66.7 Å². The van der Waals surface area contributed by atoms with Gasteiger partial charge in [0.25, 0.3) is 0 Å². The molecule has 0 aliphatic heterocycles. The van der Waals surface area contributed by atoms with Crippen molar-refractivity contribution in [1.29, 1.82) is 0 Å². The van der Waals surface area contributed by atoms with Crippen molar-refractivity contribution in [1.82, 2.24) is 9.97 Å². The minimum absolute atomic E-state index is 0.789. The van der Waals surface area contributed by atoms with E-state index in [2.05, 4.69) is 53.5 Å². The Kier molecular flexibility index (Phi) is 2.68. The Balaban J connectivity index is 1.95. The minimum atomic E-state index is 0.789. The Morgan fingerprint density at radius 1 is 0.714 bits per heavy atom. The molecular weight excluding hydrogens is 256 g/mol. The van der Waals surface area contributed by atoms with E-state index in [4.69, 9.17) is 4.98 Å². The number of aryl methyl sites for hydroxylation is 1. The zero-order valence-corrected chi connectivity index (χ0v) is 11.7. The van der Waals surface area contributed by atoms with E-state index in [1.165, 1.54) is 10.8 Å². The number of nitrogens with zero attached hydrogens (tertiary/aromatic N) is 2. The van der Waals surface area contributed by atoms with Gasteiger partial charge in [-0.05, 0) is 29.8 Å². The van der Waals surface area contributed by atoms with Crippen molar-refractivity contribution >= 4 is 21.7 Å². The van der Waals surface area contributed by atoms with Crippen molar-refractivity contribution in [2.45, 2.75) is 6.92 Å². The highest BCUT2D eigenvalue weighted by atomic mass is 14.9. The first-order chi connectivity index (χ1) is 10.3. The van der Waals surface area contributed by atoms with Crippen molar-refractivity contribution in [3.05, 3.63) is 72.4 Å². The van der Waals surface area contributed by atoms with E-state index in [9.17, 15) is 0 Å². The molecule has 4 rings (SSSR count). The molecule has 0 atom stereocenters. The molecule has 3 aromatic carbocycles. The first-order valence-corrected chi connectivity index (χ1v) is 7.04. The molecular formula is C19H14N2. The summed E-state index contributed by atoms with van der Waals surface area (Å²) in [5.74, 6) is 0.789. The van der Waals surface area contributed by atoms with Crippen LogP contribution in [0.1, 0.15) is 5.69 Å². The number of fused-ring (bicyclic) bond motifs is 2. The lowest BCUT2D eigenvalue weighted by Gasteiger charge is -2.06. The van der Waals surface area contributed by atoms with Crippen LogP contribution in [0.2, 0.25) is 0 Å². The molecule has 21 heavy (non-hydrogen) atoms. The second-order valence-corrected chi connectivity index (χ2v) is 5.21. The van der Waals surface area contributed by atoms with Crippen molar-refractivity contribution in [3.63, 3.8) is 0 Å². The van der Waals surface area contributed by atoms with Crippen molar-refractivity contribution < 1.29 is 0 Å². The lowest BCUT2D eigenvalue weighted by Crippen LogP contribution is -1.94. The van der Waals surface area contributed by atoms with Crippen LogP contribution in [0.3, 0.4) is 0 Å². The Morgan fingerprint density at radius 2 is 1.48 bits per heavy atom. The molecule has 0 aliphatic rings. The Hall–Kier alpha value is -2.74. The molecule has 0 fully saturated rings. The summed E-state index contributed by atoms with van der Waals surface area (Å²) >= 11 is 0. The summed E-state index contributed by atoms with van der Waals surface area (Å²) in [6.07, 6.45) is 0. The van der Waals surface area contributed by atoms with E-state index in [1.807, 2.05) is 25.1 Å². The van der Waals surface area contributed by atoms with Gasteiger partial charge in [0.15, 0.2) is 5.82 Å². The maximum atomic E-state index is 4.70. The normalized spacial score (nSPS) is 11.1. The van der Waals surface area contributed by atoms with Crippen molar-refractivity contribution in [3.8, 4) is 11.4 Å². The second-order valence-electron chi connectivity index (χ2n) is 5.21. The van der Waals surface area contributed by atoms with E-state index in [-0.39, 0.29) is 0 Å². The third-order valence-corrected chi connectivity index (χ3v) is 3.80. The number of para-hydroxylation sites is 1. The van der Waals surface area contributed by atoms with Gasteiger partial charge in [-0.25, -0.2) is 9.97 Å². The molecule has 1 heterocycles. The maximum Gasteiger partial charge on any atom is 0.160 e. The molecule has 2 heteroatoms. The minimum Gasteiger partial charge on any atom is -0.233 e. The molecule has 2 nitrogen and oxygen atoms in total. The summed E-state index contributed by atoms with van der Waals surface area (Å²) in [5.41, 5.74) is 3.07. The Labute approximate surface area is 123 Å². The van der Waals surface area contributed by atoms with Crippen LogP contribution < -0.4 is 0 Å². The molecule has 0 radical (unpaired) electrons.